The second-order valence-electron chi connectivity index (χ2n) is 9.60. The van der Waals surface area contributed by atoms with Crippen LogP contribution in [0.4, 0.5) is 14.9 Å². The minimum absolute atomic E-state index is 0.0267. The third-order valence-electron chi connectivity index (χ3n) is 5.60. The standard InChI is InChI=1S/C25H31FN6O3/c1-25(2,3)35-24(33)32-10-4-5-19(32)14-29-21-15-30-22(16-11-17(26)13-28-12-16)31-23(21)34-20-8-6-18(27)7-9-20/h6-9,11-13,15,19,21-22,29H,4-5,10,14,27H2,1-3H3. The van der Waals surface area contributed by atoms with Gasteiger partial charge in [0.2, 0.25) is 5.90 Å². The number of amides is 1. The van der Waals surface area contributed by atoms with E-state index in [1.807, 2.05) is 20.8 Å². The number of benzene rings is 1. The van der Waals surface area contributed by atoms with Crippen LogP contribution in [0.2, 0.25) is 0 Å². The summed E-state index contributed by atoms with van der Waals surface area (Å²) in [7, 11) is 0. The Bertz CT molecular complexity index is 1100. The van der Waals surface area contributed by atoms with Gasteiger partial charge in [-0.15, -0.1) is 0 Å². The molecule has 0 radical (unpaired) electrons. The van der Waals surface area contributed by atoms with E-state index in [4.69, 9.17) is 15.2 Å². The molecule has 0 saturated carbocycles. The second-order valence-corrected chi connectivity index (χ2v) is 9.60. The van der Waals surface area contributed by atoms with Gasteiger partial charge in [-0.1, -0.05) is 0 Å². The molecule has 3 N–H and O–H groups in total. The van der Waals surface area contributed by atoms with Gasteiger partial charge in [0, 0.05) is 42.8 Å². The van der Waals surface area contributed by atoms with E-state index in [2.05, 4.69) is 20.3 Å². The molecule has 3 atom stereocenters. The molecule has 186 valence electrons. The normalized spacial score (nSPS) is 22.1. The number of hydrogen-bond donors (Lipinski definition) is 2. The minimum Gasteiger partial charge on any atom is -0.444 e. The van der Waals surface area contributed by atoms with Gasteiger partial charge in [-0.05, 0) is 63.9 Å². The zero-order valence-electron chi connectivity index (χ0n) is 20.1. The van der Waals surface area contributed by atoms with Crippen LogP contribution in [0.3, 0.4) is 0 Å². The van der Waals surface area contributed by atoms with Crippen LogP contribution in [-0.4, -0.2) is 58.9 Å². The van der Waals surface area contributed by atoms with Crippen molar-refractivity contribution in [3.63, 3.8) is 0 Å². The maximum absolute atomic E-state index is 13.7. The summed E-state index contributed by atoms with van der Waals surface area (Å²) in [4.78, 5) is 27.4. The summed E-state index contributed by atoms with van der Waals surface area (Å²) in [5, 5.41) is 3.41. The van der Waals surface area contributed by atoms with Gasteiger partial charge in [0.15, 0.2) is 6.17 Å². The Balaban J connectivity index is 1.49. The number of nitrogens with one attached hydrogen (secondary N) is 1. The molecule has 0 aliphatic carbocycles. The Hall–Kier alpha value is -3.53. The van der Waals surface area contributed by atoms with Gasteiger partial charge in [-0.2, -0.15) is 0 Å². The highest BCUT2D eigenvalue weighted by molar-refractivity contribution is 6.00. The van der Waals surface area contributed by atoms with Crippen LogP contribution in [0.1, 0.15) is 45.3 Å². The molecule has 2 aromatic rings. The molecule has 0 bridgehead atoms. The fraction of sp³-hybridized carbons (Fsp3) is 0.440. The lowest BCUT2D eigenvalue weighted by atomic mass is 10.1. The zero-order valence-corrected chi connectivity index (χ0v) is 20.1. The fourth-order valence-electron chi connectivity index (χ4n) is 3.95. The Labute approximate surface area is 204 Å². The number of ether oxygens (including phenoxy) is 2. The van der Waals surface area contributed by atoms with Crippen molar-refractivity contribution in [1.29, 1.82) is 0 Å². The van der Waals surface area contributed by atoms with E-state index in [-0.39, 0.29) is 12.1 Å². The van der Waals surface area contributed by atoms with Crippen molar-refractivity contribution >= 4 is 23.9 Å². The summed E-state index contributed by atoms with van der Waals surface area (Å²) in [6.45, 7) is 6.72. The smallest absolute Gasteiger partial charge is 0.410 e. The van der Waals surface area contributed by atoms with Gasteiger partial charge in [0.25, 0.3) is 0 Å². The van der Waals surface area contributed by atoms with Crippen LogP contribution in [-0.2, 0) is 4.74 Å². The van der Waals surface area contributed by atoms with Gasteiger partial charge in [0.05, 0.1) is 6.20 Å². The van der Waals surface area contributed by atoms with Crippen molar-refractivity contribution in [2.45, 2.75) is 57.5 Å². The molecule has 9 nitrogen and oxygen atoms in total. The van der Waals surface area contributed by atoms with Crippen molar-refractivity contribution in [1.82, 2.24) is 15.2 Å². The van der Waals surface area contributed by atoms with Crippen molar-refractivity contribution < 1.29 is 18.7 Å². The largest absolute Gasteiger partial charge is 0.444 e. The maximum Gasteiger partial charge on any atom is 0.410 e. The van der Waals surface area contributed by atoms with E-state index in [1.54, 1.807) is 35.4 Å². The second kappa shape index (κ2) is 10.4. The molecular formula is C25H31FN6O3. The summed E-state index contributed by atoms with van der Waals surface area (Å²) in [5.41, 5.74) is 6.37. The molecule has 2 aliphatic rings. The number of aliphatic imine (C=N–C) groups is 2. The predicted molar refractivity (Wildman–Crippen MR) is 132 cm³/mol. The maximum atomic E-state index is 13.7. The predicted octanol–water partition coefficient (Wildman–Crippen LogP) is 3.72. The number of nitrogen functional groups attached to an aromatic ring is 1. The number of hydrogen-bond acceptors (Lipinski definition) is 8. The van der Waals surface area contributed by atoms with Crippen LogP contribution >= 0.6 is 0 Å². The number of aromatic nitrogens is 1. The van der Waals surface area contributed by atoms with Crippen molar-refractivity contribution in [2.75, 3.05) is 18.8 Å². The third kappa shape index (κ3) is 6.54. The average molecular weight is 483 g/mol. The first-order valence-electron chi connectivity index (χ1n) is 11.7. The van der Waals surface area contributed by atoms with Crippen LogP contribution in [0.5, 0.6) is 5.75 Å². The minimum atomic E-state index is -0.676. The highest BCUT2D eigenvalue weighted by Gasteiger charge is 2.33. The zero-order chi connectivity index (χ0) is 25.0. The molecule has 1 aromatic heterocycles. The Morgan fingerprint density at radius 3 is 2.74 bits per heavy atom. The van der Waals surface area contributed by atoms with E-state index in [9.17, 15) is 9.18 Å². The summed E-state index contributed by atoms with van der Waals surface area (Å²) >= 11 is 0. The summed E-state index contributed by atoms with van der Waals surface area (Å²) in [6, 6.07) is 7.86. The molecule has 4 rings (SSSR count). The SMILES string of the molecule is CC(C)(C)OC(=O)N1CCCC1CNC1C=NC(c2cncc(F)c2)N=C1Oc1ccc(N)cc1. The first-order valence-corrected chi connectivity index (χ1v) is 11.7. The van der Waals surface area contributed by atoms with Gasteiger partial charge in [-0.3, -0.25) is 15.3 Å². The fourth-order valence-corrected chi connectivity index (χ4v) is 3.95. The summed E-state index contributed by atoms with van der Waals surface area (Å²) in [6.07, 6.45) is 5.13. The van der Waals surface area contributed by atoms with Crippen molar-refractivity contribution in [2.24, 2.45) is 9.98 Å². The quantitative estimate of drug-likeness (QED) is 0.628. The molecule has 0 spiro atoms. The third-order valence-corrected chi connectivity index (χ3v) is 5.60. The molecular weight excluding hydrogens is 451 g/mol. The number of nitrogens with zero attached hydrogens (tertiary/aromatic N) is 4. The molecule has 2 aliphatic heterocycles. The van der Waals surface area contributed by atoms with Gasteiger partial charge >= 0.3 is 6.09 Å². The lowest BCUT2D eigenvalue weighted by Crippen LogP contribution is -2.50. The van der Waals surface area contributed by atoms with E-state index in [1.165, 1.54) is 12.3 Å². The molecule has 3 unspecified atom stereocenters. The Morgan fingerprint density at radius 1 is 1.26 bits per heavy atom. The number of carbonyl (C=O) groups excluding carboxylic acids is 1. The van der Waals surface area contributed by atoms with E-state index in [0.717, 1.165) is 19.0 Å². The van der Waals surface area contributed by atoms with E-state index in [0.29, 0.717) is 36.0 Å². The summed E-state index contributed by atoms with van der Waals surface area (Å²) in [5.74, 6) is 0.478. The van der Waals surface area contributed by atoms with Gasteiger partial charge < -0.3 is 20.1 Å². The monoisotopic (exact) mass is 482 g/mol. The Morgan fingerprint density at radius 2 is 2.03 bits per heavy atom. The molecule has 3 heterocycles. The molecule has 1 aromatic carbocycles. The molecule has 35 heavy (non-hydrogen) atoms. The number of likely N-dealkylation sites (tertiary alicyclic amines) is 1. The number of halogens is 1. The van der Waals surface area contributed by atoms with E-state index < -0.39 is 23.6 Å². The van der Waals surface area contributed by atoms with Gasteiger partial charge in [0.1, 0.15) is 23.2 Å². The number of anilines is 1. The summed E-state index contributed by atoms with van der Waals surface area (Å²) < 4.78 is 25.4. The van der Waals surface area contributed by atoms with E-state index >= 15 is 0 Å². The number of pyridine rings is 1. The molecule has 10 heteroatoms. The first-order chi connectivity index (χ1) is 16.7. The first kappa shape index (κ1) is 24.6. The molecule has 1 saturated heterocycles. The van der Waals surface area contributed by atoms with Crippen LogP contribution in [0.25, 0.3) is 0 Å². The highest BCUT2D eigenvalue weighted by Crippen LogP contribution is 2.25. The lowest BCUT2D eigenvalue weighted by molar-refractivity contribution is 0.0226. The van der Waals surface area contributed by atoms with Crippen molar-refractivity contribution in [3.8, 4) is 5.75 Å². The lowest BCUT2D eigenvalue weighted by Gasteiger charge is -2.30. The highest BCUT2D eigenvalue weighted by atomic mass is 19.1. The van der Waals surface area contributed by atoms with Crippen LogP contribution in [0, 0.1) is 5.82 Å². The Kier molecular flexibility index (Phi) is 7.30. The average Bonchev–Trinajstić information content (AvgIpc) is 3.27. The molecule has 1 amide bonds. The molecule has 1 fully saturated rings. The van der Waals surface area contributed by atoms with Crippen LogP contribution < -0.4 is 15.8 Å². The number of nitrogens with two attached hydrogens (primary N) is 1. The topological polar surface area (TPSA) is 114 Å². The number of carbonyl (C=O) groups is 1. The van der Waals surface area contributed by atoms with Gasteiger partial charge in [-0.25, -0.2) is 14.2 Å². The van der Waals surface area contributed by atoms with Crippen LogP contribution in [0.15, 0.2) is 52.7 Å². The number of rotatable bonds is 5. The van der Waals surface area contributed by atoms with Crippen molar-refractivity contribution in [3.05, 3.63) is 54.1 Å².